The highest BCUT2D eigenvalue weighted by Crippen LogP contribution is 2.31. The summed E-state index contributed by atoms with van der Waals surface area (Å²) in [5.41, 5.74) is 0. The Hall–Kier alpha value is -3.41. The molecule has 0 saturated carbocycles. The van der Waals surface area contributed by atoms with Gasteiger partial charge in [0, 0.05) is 23.7 Å². The second-order valence-electron chi connectivity index (χ2n) is 5.18. The van der Waals surface area contributed by atoms with Crippen molar-refractivity contribution < 1.29 is 9.13 Å². The molecule has 0 amide bonds. The Kier molecular flexibility index (Phi) is 3.55. The van der Waals surface area contributed by atoms with Crippen molar-refractivity contribution >= 4 is 22.4 Å². The van der Waals surface area contributed by atoms with Crippen molar-refractivity contribution in [1.82, 2.24) is 15.2 Å². The summed E-state index contributed by atoms with van der Waals surface area (Å²) in [7, 11) is 0. The molecule has 0 spiro atoms. The van der Waals surface area contributed by atoms with Gasteiger partial charge in [-0.3, -0.25) is 5.10 Å². The highest BCUT2D eigenvalue weighted by molar-refractivity contribution is 5.89. The van der Waals surface area contributed by atoms with Gasteiger partial charge in [0.15, 0.2) is 5.82 Å². The van der Waals surface area contributed by atoms with Gasteiger partial charge < -0.3 is 10.1 Å². The van der Waals surface area contributed by atoms with E-state index in [9.17, 15) is 4.39 Å². The Morgan fingerprint density at radius 3 is 2.71 bits per heavy atom. The first-order chi connectivity index (χ1) is 11.8. The first-order valence-electron chi connectivity index (χ1n) is 7.38. The zero-order valence-electron chi connectivity index (χ0n) is 12.5. The molecular weight excluding hydrogens is 307 g/mol. The smallest absolute Gasteiger partial charge is 0.229 e. The molecule has 6 heteroatoms. The van der Waals surface area contributed by atoms with Crippen molar-refractivity contribution in [3.63, 3.8) is 0 Å². The van der Waals surface area contributed by atoms with Crippen LogP contribution in [-0.2, 0) is 0 Å². The first-order valence-corrected chi connectivity index (χ1v) is 7.38. The number of rotatable bonds is 4. The maximum absolute atomic E-state index is 13.4. The summed E-state index contributed by atoms with van der Waals surface area (Å²) in [6.45, 7) is 0. The topological polar surface area (TPSA) is 62.8 Å². The van der Waals surface area contributed by atoms with Crippen molar-refractivity contribution in [3.05, 3.63) is 72.7 Å². The third kappa shape index (κ3) is 2.89. The van der Waals surface area contributed by atoms with E-state index in [-0.39, 0.29) is 5.82 Å². The minimum atomic E-state index is -0.359. The Labute approximate surface area is 137 Å². The second kappa shape index (κ2) is 6.00. The molecule has 4 aromatic rings. The van der Waals surface area contributed by atoms with Crippen LogP contribution in [0.15, 0.2) is 66.9 Å². The van der Waals surface area contributed by atoms with Crippen LogP contribution in [0.5, 0.6) is 11.6 Å². The van der Waals surface area contributed by atoms with Crippen molar-refractivity contribution in [1.29, 1.82) is 0 Å². The zero-order chi connectivity index (χ0) is 16.4. The van der Waals surface area contributed by atoms with Gasteiger partial charge >= 0.3 is 0 Å². The number of anilines is 2. The van der Waals surface area contributed by atoms with Gasteiger partial charge in [0.2, 0.25) is 5.88 Å². The molecular formula is C18H13FN4O. The molecule has 0 atom stereocenters. The summed E-state index contributed by atoms with van der Waals surface area (Å²) in [4.78, 5) is 4.49. The summed E-state index contributed by atoms with van der Waals surface area (Å²) in [6.07, 6.45) is 1.72. The second-order valence-corrected chi connectivity index (χ2v) is 5.18. The lowest BCUT2D eigenvalue weighted by atomic mass is 10.1. The van der Waals surface area contributed by atoms with Gasteiger partial charge in [0.1, 0.15) is 17.4 Å². The molecule has 2 N–H and O–H groups in total. The molecule has 24 heavy (non-hydrogen) atoms. The van der Waals surface area contributed by atoms with Crippen LogP contribution in [0.3, 0.4) is 0 Å². The van der Waals surface area contributed by atoms with E-state index < -0.39 is 0 Å². The van der Waals surface area contributed by atoms with Crippen LogP contribution in [-0.4, -0.2) is 15.2 Å². The number of H-pyrrole nitrogens is 1. The van der Waals surface area contributed by atoms with Gasteiger partial charge in [0.25, 0.3) is 0 Å². The van der Waals surface area contributed by atoms with Gasteiger partial charge in [-0.15, -0.1) is 0 Å². The van der Waals surface area contributed by atoms with Gasteiger partial charge in [-0.1, -0.05) is 24.3 Å². The lowest BCUT2D eigenvalue weighted by Crippen LogP contribution is -1.97. The van der Waals surface area contributed by atoms with E-state index in [0.29, 0.717) is 23.3 Å². The molecule has 0 bridgehead atoms. The molecule has 4 rings (SSSR count). The minimum Gasteiger partial charge on any atom is -0.438 e. The Balaban J connectivity index is 1.77. The SMILES string of the molecule is Fc1cccc(Oc2nc(Nc3cc[nH]n3)cc3ccccc23)c1. The fraction of sp³-hybridized carbons (Fsp3) is 0. The van der Waals surface area contributed by atoms with Crippen molar-refractivity contribution in [2.45, 2.75) is 0 Å². The molecule has 118 valence electrons. The fourth-order valence-corrected chi connectivity index (χ4v) is 2.41. The van der Waals surface area contributed by atoms with Crippen LogP contribution in [0.4, 0.5) is 16.0 Å². The number of benzene rings is 2. The third-order valence-corrected chi connectivity index (χ3v) is 3.47. The number of halogens is 1. The quantitative estimate of drug-likeness (QED) is 0.575. The van der Waals surface area contributed by atoms with E-state index in [1.54, 1.807) is 24.4 Å². The van der Waals surface area contributed by atoms with E-state index in [4.69, 9.17) is 4.74 Å². The van der Waals surface area contributed by atoms with Crippen molar-refractivity contribution in [3.8, 4) is 11.6 Å². The lowest BCUT2D eigenvalue weighted by molar-refractivity contribution is 0.465. The van der Waals surface area contributed by atoms with Crippen LogP contribution in [0.1, 0.15) is 0 Å². The number of fused-ring (bicyclic) bond motifs is 1. The number of aromatic amines is 1. The van der Waals surface area contributed by atoms with Gasteiger partial charge in [0.05, 0.1) is 0 Å². The van der Waals surface area contributed by atoms with E-state index in [0.717, 1.165) is 10.8 Å². The number of hydrogen-bond donors (Lipinski definition) is 2. The van der Waals surface area contributed by atoms with Crippen LogP contribution in [0.2, 0.25) is 0 Å². The maximum atomic E-state index is 13.4. The Bertz CT molecular complexity index is 985. The largest absolute Gasteiger partial charge is 0.438 e. The Morgan fingerprint density at radius 1 is 0.958 bits per heavy atom. The van der Waals surface area contributed by atoms with E-state index in [1.807, 2.05) is 30.3 Å². The number of ether oxygens (including phenoxy) is 1. The Morgan fingerprint density at radius 2 is 1.88 bits per heavy atom. The van der Waals surface area contributed by atoms with Crippen LogP contribution in [0.25, 0.3) is 10.8 Å². The molecule has 2 aromatic carbocycles. The average Bonchev–Trinajstić information content (AvgIpc) is 3.08. The summed E-state index contributed by atoms with van der Waals surface area (Å²) in [5, 5.41) is 11.7. The molecule has 2 aromatic heterocycles. The predicted octanol–water partition coefficient (Wildman–Crippen LogP) is 4.63. The molecule has 5 nitrogen and oxygen atoms in total. The number of hydrogen-bond acceptors (Lipinski definition) is 4. The van der Waals surface area contributed by atoms with E-state index in [1.165, 1.54) is 12.1 Å². The number of nitrogens with zero attached hydrogens (tertiary/aromatic N) is 2. The standard InChI is InChI=1S/C18H13FN4O/c19-13-5-3-6-14(11-13)24-18-15-7-2-1-4-12(15)10-17(22-18)21-16-8-9-20-23-16/h1-11H,(H2,20,21,22,23). The molecule has 0 radical (unpaired) electrons. The van der Waals surface area contributed by atoms with Crippen molar-refractivity contribution in [2.75, 3.05) is 5.32 Å². The molecule has 0 aliphatic heterocycles. The number of pyridine rings is 1. The highest BCUT2D eigenvalue weighted by Gasteiger charge is 2.09. The fourth-order valence-electron chi connectivity index (χ4n) is 2.41. The molecule has 0 fully saturated rings. The third-order valence-electron chi connectivity index (χ3n) is 3.47. The monoisotopic (exact) mass is 320 g/mol. The number of nitrogens with one attached hydrogen (secondary N) is 2. The van der Waals surface area contributed by atoms with Crippen molar-refractivity contribution in [2.24, 2.45) is 0 Å². The van der Waals surface area contributed by atoms with E-state index in [2.05, 4.69) is 20.5 Å². The van der Waals surface area contributed by atoms with Crippen LogP contribution in [0, 0.1) is 5.82 Å². The molecule has 2 heterocycles. The van der Waals surface area contributed by atoms with Gasteiger partial charge in [-0.2, -0.15) is 10.1 Å². The van der Waals surface area contributed by atoms with E-state index >= 15 is 0 Å². The summed E-state index contributed by atoms with van der Waals surface area (Å²) < 4.78 is 19.2. The molecule has 0 unspecified atom stereocenters. The van der Waals surface area contributed by atoms with Gasteiger partial charge in [-0.05, 0) is 29.7 Å². The normalized spacial score (nSPS) is 10.7. The number of aromatic nitrogens is 3. The summed E-state index contributed by atoms with van der Waals surface area (Å²) >= 11 is 0. The predicted molar refractivity (Wildman–Crippen MR) is 90.1 cm³/mol. The highest BCUT2D eigenvalue weighted by atomic mass is 19.1. The first kappa shape index (κ1) is 14.2. The molecule has 0 saturated heterocycles. The van der Waals surface area contributed by atoms with Crippen LogP contribution >= 0.6 is 0 Å². The average molecular weight is 320 g/mol. The zero-order valence-corrected chi connectivity index (χ0v) is 12.5. The summed E-state index contributed by atoms with van der Waals surface area (Å²) in [5.74, 6) is 1.67. The molecule has 0 aliphatic rings. The van der Waals surface area contributed by atoms with Crippen LogP contribution < -0.4 is 10.1 Å². The summed E-state index contributed by atoms with van der Waals surface area (Å²) in [6, 6.07) is 17.4. The lowest BCUT2D eigenvalue weighted by Gasteiger charge is -2.11. The maximum Gasteiger partial charge on any atom is 0.229 e. The minimum absolute atomic E-state index is 0.359. The molecule has 0 aliphatic carbocycles. The van der Waals surface area contributed by atoms with Gasteiger partial charge in [-0.25, -0.2) is 4.39 Å².